The van der Waals surface area contributed by atoms with Crippen molar-refractivity contribution in [2.45, 2.75) is 32.9 Å². The number of aryl methyl sites for hydroxylation is 1. The first-order valence-corrected chi connectivity index (χ1v) is 7.83. The van der Waals surface area contributed by atoms with Crippen LogP contribution >= 0.6 is 0 Å². The van der Waals surface area contributed by atoms with Crippen molar-refractivity contribution in [1.82, 2.24) is 5.32 Å². The summed E-state index contributed by atoms with van der Waals surface area (Å²) in [7, 11) is 0. The number of ether oxygens (including phenoxy) is 2. The zero-order valence-electron chi connectivity index (χ0n) is 13.4. The lowest BCUT2D eigenvalue weighted by Crippen LogP contribution is -2.46. The van der Waals surface area contributed by atoms with Crippen LogP contribution in [0.2, 0.25) is 0 Å². The van der Waals surface area contributed by atoms with Gasteiger partial charge in [0.2, 0.25) is 12.8 Å². The van der Waals surface area contributed by atoms with Crippen molar-refractivity contribution in [1.29, 1.82) is 0 Å². The number of carbonyl (C=O) groups is 1. The van der Waals surface area contributed by atoms with Crippen LogP contribution in [0.4, 0.5) is 0 Å². The molecule has 0 bridgehead atoms. The van der Waals surface area contributed by atoms with Gasteiger partial charge in [-0.15, -0.1) is 0 Å². The first-order chi connectivity index (χ1) is 11.2. The Kier molecular flexibility index (Phi) is 4.46. The SMILES string of the molecule is CCc1cc[n+]([C@H](C)C(=O)NCc2ccc3c(c2)OCO3)cc1. The molecule has 5 heteroatoms. The van der Waals surface area contributed by atoms with Gasteiger partial charge in [-0.1, -0.05) is 13.0 Å². The third-order valence-corrected chi connectivity index (χ3v) is 4.06. The second kappa shape index (κ2) is 6.69. The number of rotatable bonds is 5. The van der Waals surface area contributed by atoms with E-state index in [1.165, 1.54) is 5.56 Å². The molecule has 1 aliphatic rings. The lowest BCUT2D eigenvalue weighted by molar-refractivity contribution is -0.706. The summed E-state index contributed by atoms with van der Waals surface area (Å²) in [6, 6.07) is 9.53. The highest BCUT2D eigenvalue weighted by Crippen LogP contribution is 2.32. The van der Waals surface area contributed by atoms with Gasteiger partial charge in [-0.25, -0.2) is 0 Å². The summed E-state index contributed by atoms with van der Waals surface area (Å²) >= 11 is 0. The molecule has 2 aromatic rings. The second-order valence-electron chi connectivity index (χ2n) is 5.59. The monoisotopic (exact) mass is 313 g/mol. The van der Waals surface area contributed by atoms with Gasteiger partial charge in [0.1, 0.15) is 0 Å². The molecule has 0 unspecified atom stereocenters. The van der Waals surface area contributed by atoms with E-state index in [-0.39, 0.29) is 18.7 Å². The van der Waals surface area contributed by atoms with E-state index in [2.05, 4.69) is 12.2 Å². The zero-order valence-corrected chi connectivity index (χ0v) is 13.4. The van der Waals surface area contributed by atoms with Crippen molar-refractivity contribution >= 4 is 5.91 Å². The molecule has 5 nitrogen and oxygen atoms in total. The Morgan fingerprint density at radius 1 is 1.17 bits per heavy atom. The molecule has 0 fully saturated rings. The maximum absolute atomic E-state index is 12.3. The number of nitrogens with one attached hydrogen (secondary N) is 1. The van der Waals surface area contributed by atoms with Crippen LogP contribution in [0.15, 0.2) is 42.7 Å². The van der Waals surface area contributed by atoms with Gasteiger partial charge in [-0.05, 0) is 29.7 Å². The molecule has 0 saturated carbocycles. The number of hydrogen-bond acceptors (Lipinski definition) is 3. The van der Waals surface area contributed by atoms with Gasteiger partial charge in [-0.3, -0.25) is 4.79 Å². The van der Waals surface area contributed by atoms with Gasteiger partial charge in [0.25, 0.3) is 5.91 Å². The van der Waals surface area contributed by atoms with E-state index >= 15 is 0 Å². The van der Waals surface area contributed by atoms with Crippen molar-refractivity contribution < 1.29 is 18.8 Å². The molecule has 23 heavy (non-hydrogen) atoms. The van der Waals surface area contributed by atoms with Gasteiger partial charge in [-0.2, -0.15) is 4.57 Å². The van der Waals surface area contributed by atoms with Crippen molar-refractivity contribution in [3.05, 3.63) is 53.9 Å². The highest BCUT2D eigenvalue weighted by atomic mass is 16.7. The lowest BCUT2D eigenvalue weighted by atomic mass is 10.2. The van der Waals surface area contributed by atoms with E-state index < -0.39 is 0 Å². The molecule has 1 amide bonds. The quantitative estimate of drug-likeness (QED) is 0.861. The number of fused-ring (bicyclic) bond motifs is 1. The first kappa shape index (κ1) is 15.3. The third kappa shape index (κ3) is 3.44. The maximum Gasteiger partial charge on any atom is 0.289 e. The predicted octanol–water partition coefficient (Wildman–Crippen LogP) is 2.14. The van der Waals surface area contributed by atoms with Crippen LogP contribution in [0.25, 0.3) is 0 Å². The van der Waals surface area contributed by atoms with E-state index in [1.54, 1.807) is 0 Å². The van der Waals surface area contributed by atoms with Gasteiger partial charge in [0, 0.05) is 25.6 Å². The summed E-state index contributed by atoms with van der Waals surface area (Å²) < 4.78 is 12.5. The lowest BCUT2D eigenvalue weighted by Gasteiger charge is -2.09. The van der Waals surface area contributed by atoms with Gasteiger partial charge in [0.05, 0.1) is 0 Å². The van der Waals surface area contributed by atoms with Gasteiger partial charge in [0.15, 0.2) is 23.9 Å². The normalized spacial score (nSPS) is 13.7. The standard InChI is InChI=1S/C18H20N2O3/c1-3-14-6-8-20(9-7-14)13(2)18(21)19-11-15-4-5-16-17(10-15)23-12-22-16/h4-10,13H,3,11-12H2,1-2H3/p+1/t13-/m1/s1. The fraction of sp³-hybridized carbons (Fsp3) is 0.333. The summed E-state index contributed by atoms with van der Waals surface area (Å²) in [4.78, 5) is 12.3. The van der Waals surface area contributed by atoms with E-state index in [1.807, 2.05) is 54.2 Å². The number of aromatic nitrogens is 1. The van der Waals surface area contributed by atoms with Crippen LogP contribution in [0.3, 0.4) is 0 Å². The summed E-state index contributed by atoms with van der Waals surface area (Å²) in [6.45, 7) is 4.72. The van der Waals surface area contributed by atoms with Crippen LogP contribution in [0.5, 0.6) is 11.5 Å². The number of pyridine rings is 1. The highest BCUT2D eigenvalue weighted by molar-refractivity contribution is 5.78. The number of carbonyl (C=O) groups excluding carboxylic acids is 1. The third-order valence-electron chi connectivity index (χ3n) is 4.06. The Morgan fingerprint density at radius 2 is 1.91 bits per heavy atom. The maximum atomic E-state index is 12.3. The Morgan fingerprint density at radius 3 is 2.65 bits per heavy atom. The van der Waals surface area contributed by atoms with Crippen LogP contribution in [0, 0.1) is 0 Å². The van der Waals surface area contributed by atoms with Crippen molar-refractivity contribution in [2.24, 2.45) is 0 Å². The largest absolute Gasteiger partial charge is 0.454 e. The Balaban J connectivity index is 1.59. The van der Waals surface area contributed by atoms with Crippen LogP contribution in [-0.4, -0.2) is 12.7 Å². The summed E-state index contributed by atoms with van der Waals surface area (Å²) in [6.07, 6.45) is 4.89. The van der Waals surface area contributed by atoms with Crippen molar-refractivity contribution in [3.8, 4) is 11.5 Å². The molecule has 1 N–H and O–H groups in total. The molecule has 2 heterocycles. The zero-order chi connectivity index (χ0) is 16.2. The Labute approximate surface area is 135 Å². The van der Waals surface area contributed by atoms with E-state index in [0.29, 0.717) is 6.54 Å². The van der Waals surface area contributed by atoms with E-state index in [4.69, 9.17) is 9.47 Å². The smallest absolute Gasteiger partial charge is 0.289 e. The predicted molar refractivity (Wildman–Crippen MR) is 85.1 cm³/mol. The highest BCUT2D eigenvalue weighted by Gasteiger charge is 2.21. The fourth-order valence-electron chi connectivity index (χ4n) is 2.49. The number of nitrogens with zero attached hydrogens (tertiary/aromatic N) is 1. The van der Waals surface area contributed by atoms with Crippen LogP contribution in [0.1, 0.15) is 31.0 Å². The number of hydrogen-bond donors (Lipinski definition) is 1. The van der Waals surface area contributed by atoms with Crippen LogP contribution < -0.4 is 19.4 Å². The molecular formula is C18H21N2O3+. The van der Waals surface area contributed by atoms with Crippen LogP contribution in [-0.2, 0) is 17.8 Å². The fourth-order valence-corrected chi connectivity index (χ4v) is 2.49. The summed E-state index contributed by atoms with van der Waals surface area (Å²) in [5.41, 5.74) is 2.25. The molecule has 0 aliphatic carbocycles. The number of amides is 1. The Hall–Kier alpha value is -2.56. The Bertz CT molecular complexity index is 698. The van der Waals surface area contributed by atoms with Gasteiger partial charge >= 0.3 is 0 Å². The molecule has 0 spiro atoms. The molecular weight excluding hydrogens is 292 g/mol. The second-order valence-corrected chi connectivity index (χ2v) is 5.59. The first-order valence-electron chi connectivity index (χ1n) is 7.83. The molecule has 0 saturated heterocycles. The van der Waals surface area contributed by atoms with Crippen molar-refractivity contribution in [3.63, 3.8) is 0 Å². The molecule has 120 valence electrons. The van der Waals surface area contributed by atoms with E-state index in [9.17, 15) is 4.79 Å². The topological polar surface area (TPSA) is 51.4 Å². The molecule has 1 aromatic carbocycles. The molecule has 1 aromatic heterocycles. The molecule has 3 rings (SSSR count). The van der Waals surface area contributed by atoms with Crippen molar-refractivity contribution in [2.75, 3.05) is 6.79 Å². The summed E-state index contributed by atoms with van der Waals surface area (Å²) in [5.74, 6) is 1.46. The minimum atomic E-state index is -0.255. The molecule has 1 aliphatic heterocycles. The average molecular weight is 313 g/mol. The minimum absolute atomic E-state index is 0.0167. The van der Waals surface area contributed by atoms with Gasteiger partial charge < -0.3 is 14.8 Å². The molecule has 1 atom stereocenters. The summed E-state index contributed by atoms with van der Waals surface area (Å²) in [5, 5.41) is 2.96. The minimum Gasteiger partial charge on any atom is -0.454 e. The van der Waals surface area contributed by atoms with E-state index in [0.717, 1.165) is 23.5 Å². The molecule has 0 radical (unpaired) electrons. The average Bonchev–Trinajstić information content (AvgIpc) is 3.06. The number of benzene rings is 1.